The first-order valence-corrected chi connectivity index (χ1v) is 5.91. The summed E-state index contributed by atoms with van der Waals surface area (Å²) in [6, 6.07) is 23.4. The second-order valence-corrected chi connectivity index (χ2v) is 4.08. The molecule has 2 aromatic carbocycles. The van der Waals surface area contributed by atoms with Crippen LogP contribution >= 0.6 is 0 Å². The van der Waals surface area contributed by atoms with Gasteiger partial charge in [-0.25, -0.2) is 0 Å². The predicted octanol–water partition coefficient (Wildman–Crippen LogP) is 4.22. The summed E-state index contributed by atoms with van der Waals surface area (Å²) in [7, 11) is 0. The van der Waals surface area contributed by atoms with Gasteiger partial charge in [0, 0.05) is 18.0 Å². The highest BCUT2D eigenvalue weighted by molar-refractivity contribution is 5.82. The first kappa shape index (κ1) is 10.7. The van der Waals surface area contributed by atoms with Crippen LogP contribution in [0.15, 0.2) is 73.1 Å². The van der Waals surface area contributed by atoms with Crippen molar-refractivity contribution >= 4 is 0 Å². The topological polar surface area (TPSA) is 12.9 Å². The minimum absolute atomic E-state index is 1.15. The lowest BCUT2D eigenvalue weighted by Gasteiger charge is -2.09. The van der Waals surface area contributed by atoms with E-state index < -0.39 is 0 Å². The lowest BCUT2D eigenvalue weighted by Crippen LogP contribution is -1.86. The molecule has 0 amide bonds. The van der Waals surface area contributed by atoms with E-state index in [1.165, 1.54) is 16.7 Å². The number of hydrogen-bond acceptors (Lipinski definition) is 1. The van der Waals surface area contributed by atoms with Crippen LogP contribution in [0.2, 0.25) is 0 Å². The van der Waals surface area contributed by atoms with Crippen molar-refractivity contribution in [3.05, 3.63) is 79.1 Å². The highest BCUT2D eigenvalue weighted by atomic mass is 14.6. The molecule has 3 rings (SSSR count). The lowest BCUT2D eigenvalue weighted by molar-refractivity contribution is 1.33. The number of pyridine rings is 1. The van der Waals surface area contributed by atoms with Gasteiger partial charge in [0.1, 0.15) is 0 Å². The van der Waals surface area contributed by atoms with Crippen LogP contribution in [0.25, 0.3) is 22.3 Å². The smallest absolute Gasteiger partial charge is 0.0352 e. The molecule has 0 bridgehead atoms. The summed E-state index contributed by atoms with van der Waals surface area (Å²) >= 11 is 0. The molecule has 3 aromatic rings. The van der Waals surface area contributed by atoms with Crippen molar-refractivity contribution in [3.8, 4) is 22.3 Å². The first-order valence-electron chi connectivity index (χ1n) is 5.91. The van der Waals surface area contributed by atoms with Crippen molar-refractivity contribution in [2.24, 2.45) is 0 Å². The Morgan fingerprint density at radius 2 is 1.44 bits per heavy atom. The monoisotopic (exact) mass is 230 g/mol. The van der Waals surface area contributed by atoms with E-state index in [9.17, 15) is 0 Å². The normalized spacial score (nSPS) is 10.2. The molecule has 1 radical (unpaired) electrons. The van der Waals surface area contributed by atoms with Crippen molar-refractivity contribution in [3.63, 3.8) is 0 Å². The van der Waals surface area contributed by atoms with E-state index in [-0.39, 0.29) is 0 Å². The Morgan fingerprint density at radius 3 is 2.22 bits per heavy atom. The Morgan fingerprint density at radius 1 is 0.722 bits per heavy atom. The zero-order valence-corrected chi connectivity index (χ0v) is 9.88. The highest BCUT2D eigenvalue weighted by Gasteiger charge is 2.06. The Hall–Kier alpha value is -2.41. The van der Waals surface area contributed by atoms with Gasteiger partial charge in [0.25, 0.3) is 0 Å². The summed E-state index contributed by atoms with van der Waals surface area (Å²) in [4.78, 5) is 4.24. The summed E-state index contributed by atoms with van der Waals surface area (Å²) in [6.07, 6.45) is 3.75. The molecule has 0 aliphatic heterocycles. The zero-order chi connectivity index (χ0) is 12.2. The Labute approximate surface area is 107 Å². The van der Waals surface area contributed by atoms with Gasteiger partial charge < -0.3 is 0 Å². The molecule has 0 N–H and O–H groups in total. The van der Waals surface area contributed by atoms with Gasteiger partial charge in [-0.1, -0.05) is 54.6 Å². The maximum atomic E-state index is 4.24. The van der Waals surface area contributed by atoms with Crippen molar-refractivity contribution < 1.29 is 0 Å². The highest BCUT2D eigenvalue weighted by Crippen LogP contribution is 2.30. The molecular formula is C17H12N. The third-order valence-electron chi connectivity index (χ3n) is 2.94. The molecule has 85 valence electrons. The summed E-state index contributed by atoms with van der Waals surface area (Å²) in [6.45, 7) is 0. The molecule has 0 aliphatic rings. The number of aromatic nitrogens is 1. The van der Waals surface area contributed by atoms with Crippen LogP contribution in [0.5, 0.6) is 0 Å². The van der Waals surface area contributed by atoms with Gasteiger partial charge in [0.05, 0.1) is 0 Å². The minimum Gasteiger partial charge on any atom is -0.264 e. The molecule has 0 fully saturated rings. The van der Waals surface area contributed by atoms with E-state index in [0.29, 0.717) is 0 Å². The Balaban J connectivity index is 2.18. The lowest BCUT2D eigenvalue weighted by atomic mass is 9.97. The minimum atomic E-state index is 1.15. The standard InChI is InChI=1S/C17H12N/c1-3-7-14(8-4-1)16-11-12-18-13-17(16)15-9-5-2-6-10-15/h1,3-13H. The molecule has 0 atom stereocenters. The Kier molecular flexibility index (Phi) is 2.89. The maximum absolute atomic E-state index is 4.24. The van der Waals surface area contributed by atoms with Crippen molar-refractivity contribution in [1.82, 2.24) is 4.98 Å². The fourth-order valence-electron chi connectivity index (χ4n) is 2.06. The van der Waals surface area contributed by atoms with Crippen molar-refractivity contribution in [2.75, 3.05) is 0 Å². The fraction of sp³-hybridized carbons (Fsp3) is 0. The number of benzene rings is 2. The molecule has 0 saturated heterocycles. The van der Waals surface area contributed by atoms with Gasteiger partial charge in [0.2, 0.25) is 0 Å². The van der Waals surface area contributed by atoms with Crippen LogP contribution in [0.1, 0.15) is 0 Å². The third kappa shape index (κ3) is 2.03. The van der Waals surface area contributed by atoms with Crippen LogP contribution < -0.4 is 0 Å². The molecule has 0 unspecified atom stereocenters. The second kappa shape index (κ2) is 4.84. The molecule has 1 nitrogen and oxygen atoms in total. The van der Waals surface area contributed by atoms with Crippen LogP contribution in [0, 0.1) is 6.07 Å². The Bertz CT molecular complexity index is 572. The van der Waals surface area contributed by atoms with E-state index in [1.807, 2.05) is 30.6 Å². The summed E-state index contributed by atoms with van der Waals surface area (Å²) in [5.41, 5.74) is 4.73. The van der Waals surface area contributed by atoms with Crippen LogP contribution in [-0.2, 0) is 0 Å². The largest absolute Gasteiger partial charge is 0.264 e. The van der Waals surface area contributed by atoms with E-state index in [1.54, 1.807) is 0 Å². The van der Waals surface area contributed by atoms with E-state index in [0.717, 1.165) is 5.56 Å². The summed E-state index contributed by atoms with van der Waals surface area (Å²) in [5.74, 6) is 0. The molecule has 0 saturated carbocycles. The average molecular weight is 230 g/mol. The number of hydrogen-bond donors (Lipinski definition) is 0. The zero-order valence-electron chi connectivity index (χ0n) is 9.88. The van der Waals surface area contributed by atoms with Gasteiger partial charge in [-0.15, -0.1) is 0 Å². The van der Waals surface area contributed by atoms with E-state index in [4.69, 9.17) is 0 Å². The van der Waals surface area contributed by atoms with Gasteiger partial charge in [-0.3, -0.25) is 4.98 Å². The fourth-order valence-corrected chi connectivity index (χ4v) is 2.06. The molecule has 0 aliphatic carbocycles. The predicted molar refractivity (Wildman–Crippen MR) is 73.9 cm³/mol. The summed E-state index contributed by atoms with van der Waals surface area (Å²) in [5, 5.41) is 0. The summed E-state index contributed by atoms with van der Waals surface area (Å²) < 4.78 is 0. The number of rotatable bonds is 2. The van der Waals surface area contributed by atoms with Crippen molar-refractivity contribution in [1.29, 1.82) is 0 Å². The maximum Gasteiger partial charge on any atom is 0.0352 e. The van der Waals surface area contributed by atoms with Gasteiger partial charge in [-0.2, -0.15) is 0 Å². The first-order chi connectivity index (χ1) is 8.95. The van der Waals surface area contributed by atoms with Gasteiger partial charge in [0.15, 0.2) is 0 Å². The van der Waals surface area contributed by atoms with Crippen LogP contribution in [0.4, 0.5) is 0 Å². The molecule has 0 spiro atoms. The average Bonchev–Trinajstić information content (AvgIpc) is 2.49. The molecular weight excluding hydrogens is 218 g/mol. The van der Waals surface area contributed by atoms with Crippen molar-refractivity contribution in [2.45, 2.75) is 0 Å². The molecule has 1 aromatic heterocycles. The van der Waals surface area contributed by atoms with E-state index in [2.05, 4.69) is 53.5 Å². The van der Waals surface area contributed by atoms with Crippen LogP contribution in [0.3, 0.4) is 0 Å². The second-order valence-electron chi connectivity index (χ2n) is 4.08. The van der Waals surface area contributed by atoms with Gasteiger partial charge in [-0.05, 0) is 28.8 Å². The van der Waals surface area contributed by atoms with Gasteiger partial charge >= 0.3 is 0 Å². The third-order valence-corrected chi connectivity index (χ3v) is 2.94. The molecule has 18 heavy (non-hydrogen) atoms. The van der Waals surface area contributed by atoms with E-state index >= 15 is 0 Å². The quantitative estimate of drug-likeness (QED) is 0.642. The molecule has 1 heteroatoms. The van der Waals surface area contributed by atoms with Crippen LogP contribution in [-0.4, -0.2) is 4.98 Å². The number of nitrogens with zero attached hydrogens (tertiary/aromatic N) is 1. The molecule has 1 heterocycles. The SMILES string of the molecule is [c]1ccc(-c2cnccc2-c2ccccc2)cc1.